The number of carbonyl (C=O) groups is 2. The van der Waals surface area contributed by atoms with Crippen LogP contribution >= 0.6 is 11.6 Å². The molecule has 0 unspecified atom stereocenters. The molecule has 1 saturated heterocycles. The minimum absolute atomic E-state index is 0.0715. The van der Waals surface area contributed by atoms with E-state index >= 15 is 0 Å². The summed E-state index contributed by atoms with van der Waals surface area (Å²) in [4.78, 5) is 31.5. The number of urea groups is 1. The molecule has 0 saturated carbocycles. The normalized spacial score (nSPS) is 18.0. The number of ether oxygens (including phenoxy) is 1. The zero-order valence-corrected chi connectivity index (χ0v) is 18.6. The monoisotopic (exact) mass is 468 g/mol. The van der Waals surface area contributed by atoms with Crippen molar-refractivity contribution in [2.75, 3.05) is 23.9 Å². The summed E-state index contributed by atoms with van der Waals surface area (Å²) in [6.45, 7) is 0.296. The number of nitrogens with zero attached hydrogens (tertiary/aromatic N) is 2. The number of aromatic nitrogens is 1. The maximum Gasteiger partial charge on any atom is 0.319 e. The second-order valence-electron chi connectivity index (χ2n) is 7.64. The van der Waals surface area contributed by atoms with E-state index in [4.69, 9.17) is 16.3 Å². The molecule has 0 radical (unpaired) electrons. The summed E-state index contributed by atoms with van der Waals surface area (Å²) in [6.07, 6.45) is 1.75. The molecular formula is C24H22ClFN4O3. The number of hydrogen-bond donors (Lipinski definition) is 2. The van der Waals surface area contributed by atoms with Gasteiger partial charge in [0.05, 0.1) is 7.11 Å². The first-order chi connectivity index (χ1) is 15.9. The fourth-order valence-corrected chi connectivity index (χ4v) is 3.95. The van der Waals surface area contributed by atoms with E-state index in [9.17, 15) is 14.0 Å². The quantitative estimate of drug-likeness (QED) is 0.573. The first-order valence-corrected chi connectivity index (χ1v) is 10.7. The van der Waals surface area contributed by atoms with Crippen molar-refractivity contribution >= 4 is 34.9 Å². The lowest BCUT2D eigenvalue weighted by Crippen LogP contribution is -2.53. The smallest absolute Gasteiger partial charge is 0.319 e. The Morgan fingerprint density at radius 3 is 2.48 bits per heavy atom. The third-order valence-corrected chi connectivity index (χ3v) is 5.77. The van der Waals surface area contributed by atoms with E-state index in [0.717, 1.165) is 5.56 Å². The Morgan fingerprint density at radius 2 is 1.85 bits per heavy atom. The molecule has 3 amide bonds. The Kier molecular flexibility index (Phi) is 6.74. The Morgan fingerprint density at radius 1 is 1.12 bits per heavy atom. The van der Waals surface area contributed by atoms with Crippen LogP contribution in [-0.4, -0.2) is 36.6 Å². The highest BCUT2D eigenvalue weighted by molar-refractivity contribution is 6.30. The predicted molar refractivity (Wildman–Crippen MR) is 124 cm³/mol. The fourth-order valence-electron chi connectivity index (χ4n) is 3.83. The zero-order valence-electron chi connectivity index (χ0n) is 17.8. The average Bonchev–Trinajstić information content (AvgIpc) is 2.81. The van der Waals surface area contributed by atoms with Gasteiger partial charge < -0.3 is 20.3 Å². The number of halogens is 2. The predicted octanol–water partition coefficient (Wildman–Crippen LogP) is 4.59. The van der Waals surface area contributed by atoms with E-state index in [1.165, 1.54) is 19.2 Å². The maximum absolute atomic E-state index is 13.4. The van der Waals surface area contributed by atoms with Crippen LogP contribution in [0.3, 0.4) is 0 Å². The van der Waals surface area contributed by atoms with Crippen molar-refractivity contribution in [1.82, 2.24) is 10.3 Å². The molecule has 170 valence electrons. The topological polar surface area (TPSA) is 83.6 Å². The summed E-state index contributed by atoms with van der Waals surface area (Å²) < 4.78 is 18.5. The molecule has 0 aliphatic carbocycles. The van der Waals surface area contributed by atoms with Gasteiger partial charge in [-0.3, -0.25) is 4.79 Å². The van der Waals surface area contributed by atoms with Gasteiger partial charge in [-0.1, -0.05) is 17.7 Å². The lowest BCUT2D eigenvalue weighted by atomic mass is 9.86. The molecule has 0 bridgehead atoms. The Balaban J connectivity index is 1.56. The van der Waals surface area contributed by atoms with Crippen molar-refractivity contribution in [1.29, 1.82) is 0 Å². The maximum atomic E-state index is 13.4. The molecule has 1 aromatic heterocycles. The van der Waals surface area contributed by atoms with Crippen molar-refractivity contribution in [2.24, 2.45) is 0 Å². The van der Waals surface area contributed by atoms with Crippen molar-refractivity contribution < 1.29 is 18.7 Å². The van der Waals surface area contributed by atoms with Crippen molar-refractivity contribution in [2.45, 2.75) is 18.4 Å². The summed E-state index contributed by atoms with van der Waals surface area (Å²) in [5, 5.41) is 6.24. The van der Waals surface area contributed by atoms with Gasteiger partial charge in [0, 0.05) is 53.6 Å². The molecule has 7 nitrogen and oxygen atoms in total. The molecule has 1 fully saturated rings. The van der Waals surface area contributed by atoms with Gasteiger partial charge in [0.1, 0.15) is 5.82 Å². The molecule has 1 aliphatic heterocycles. The molecule has 2 heterocycles. The number of carbonyl (C=O) groups excluding carboxylic acids is 2. The largest absolute Gasteiger partial charge is 0.481 e. The summed E-state index contributed by atoms with van der Waals surface area (Å²) >= 11 is 5.90. The highest BCUT2D eigenvalue weighted by Gasteiger charge is 2.37. The summed E-state index contributed by atoms with van der Waals surface area (Å²) in [5.74, 6) is -0.332. The van der Waals surface area contributed by atoms with Crippen LogP contribution in [0, 0.1) is 5.82 Å². The average molecular weight is 469 g/mol. The van der Waals surface area contributed by atoms with Crippen molar-refractivity contribution in [3.8, 4) is 5.88 Å². The van der Waals surface area contributed by atoms with E-state index in [1.807, 2.05) is 6.07 Å². The van der Waals surface area contributed by atoms with Gasteiger partial charge >= 0.3 is 6.03 Å². The number of methoxy groups -OCH3 is 1. The van der Waals surface area contributed by atoms with Crippen LogP contribution in [0.25, 0.3) is 0 Å². The van der Waals surface area contributed by atoms with Crippen LogP contribution in [0.4, 0.5) is 20.6 Å². The van der Waals surface area contributed by atoms with Crippen LogP contribution in [0.1, 0.15) is 17.9 Å². The third kappa shape index (κ3) is 5.40. The lowest BCUT2D eigenvalue weighted by molar-refractivity contribution is -0.120. The first kappa shape index (κ1) is 22.5. The highest BCUT2D eigenvalue weighted by atomic mass is 35.5. The van der Waals surface area contributed by atoms with Crippen molar-refractivity contribution in [3.63, 3.8) is 0 Å². The minimum Gasteiger partial charge on any atom is -0.481 e. The van der Waals surface area contributed by atoms with Crippen LogP contribution in [0.5, 0.6) is 5.88 Å². The van der Waals surface area contributed by atoms with Crippen LogP contribution < -0.4 is 20.3 Å². The van der Waals surface area contributed by atoms with E-state index in [0.29, 0.717) is 28.8 Å². The SMILES string of the molecule is COc1ccc([C@H]2CN(c3ccc(F)cc3)C(=O)C[C@H]2NC(=O)Nc2ccc(Cl)cc2)cn1. The number of amides is 3. The van der Waals surface area contributed by atoms with Gasteiger partial charge in [0.15, 0.2) is 0 Å². The van der Waals surface area contributed by atoms with Crippen molar-refractivity contribution in [3.05, 3.63) is 83.3 Å². The number of pyridine rings is 1. The van der Waals surface area contributed by atoms with Gasteiger partial charge in [-0.2, -0.15) is 0 Å². The molecule has 9 heteroatoms. The number of piperidine rings is 1. The molecule has 4 rings (SSSR count). The molecule has 2 N–H and O–H groups in total. The Hall–Kier alpha value is -3.65. The van der Waals surface area contributed by atoms with Crippen LogP contribution in [0.2, 0.25) is 5.02 Å². The second-order valence-corrected chi connectivity index (χ2v) is 8.07. The van der Waals surface area contributed by atoms with Gasteiger partial charge in [0.25, 0.3) is 0 Å². The van der Waals surface area contributed by atoms with Gasteiger partial charge in [-0.25, -0.2) is 14.2 Å². The lowest BCUT2D eigenvalue weighted by Gasteiger charge is -2.38. The summed E-state index contributed by atoms with van der Waals surface area (Å²) in [6, 6.07) is 15.2. The molecule has 0 spiro atoms. The fraction of sp³-hybridized carbons (Fsp3) is 0.208. The summed E-state index contributed by atoms with van der Waals surface area (Å²) in [7, 11) is 1.53. The first-order valence-electron chi connectivity index (χ1n) is 10.3. The van der Waals surface area contributed by atoms with Crippen LogP contribution in [0.15, 0.2) is 66.9 Å². The highest BCUT2D eigenvalue weighted by Crippen LogP contribution is 2.32. The van der Waals surface area contributed by atoms with E-state index in [1.54, 1.807) is 53.6 Å². The number of anilines is 2. The molecule has 2 atom stereocenters. The standard InChI is InChI=1S/C24H22ClFN4O3/c1-33-22-11-2-15(13-27-22)20-14-30(19-9-5-17(26)6-10-19)23(31)12-21(20)29-24(32)28-18-7-3-16(25)4-8-18/h2-11,13,20-21H,12,14H2,1H3,(H2,28,29,32)/t20-,21-/m1/s1. The number of rotatable bonds is 5. The van der Waals surface area contributed by atoms with E-state index < -0.39 is 12.1 Å². The zero-order chi connectivity index (χ0) is 23.4. The Bertz CT molecular complexity index is 1120. The molecular weight excluding hydrogens is 447 g/mol. The van der Waals surface area contributed by atoms with Crippen LogP contribution in [-0.2, 0) is 4.79 Å². The number of nitrogens with one attached hydrogen (secondary N) is 2. The molecule has 2 aromatic carbocycles. The summed E-state index contributed by atoms with van der Waals surface area (Å²) in [5.41, 5.74) is 2.01. The number of hydrogen-bond acceptors (Lipinski definition) is 4. The van der Waals surface area contributed by atoms with Gasteiger partial charge in [-0.15, -0.1) is 0 Å². The van der Waals surface area contributed by atoms with Gasteiger partial charge in [0.2, 0.25) is 11.8 Å². The minimum atomic E-state index is -0.475. The van der Waals surface area contributed by atoms with E-state index in [-0.39, 0.29) is 24.1 Å². The number of benzene rings is 2. The molecule has 33 heavy (non-hydrogen) atoms. The molecule has 1 aliphatic rings. The second kappa shape index (κ2) is 9.87. The molecule has 3 aromatic rings. The van der Waals surface area contributed by atoms with Gasteiger partial charge in [-0.05, 0) is 54.1 Å². The Labute approximate surface area is 195 Å². The van der Waals surface area contributed by atoms with E-state index in [2.05, 4.69) is 15.6 Å². The third-order valence-electron chi connectivity index (χ3n) is 5.51.